The third-order valence-corrected chi connectivity index (χ3v) is 4.50. The summed E-state index contributed by atoms with van der Waals surface area (Å²) >= 11 is 4.55. The van der Waals surface area contributed by atoms with Crippen molar-refractivity contribution < 1.29 is 4.79 Å². The van der Waals surface area contributed by atoms with Gasteiger partial charge in [0.05, 0.1) is 11.6 Å². The summed E-state index contributed by atoms with van der Waals surface area (Å²) in [6.07, 6.45) is 0. The first-order chi connectivity index (χ1) is 11.5. The molecule has 0 bridgehead atoms. The molecule has 2 aromatic rings. The Kier molecular flexibility index (Phi) is 6.41. The topological polar surface area (TPSA) is 103 Å². The highest BCUT2D eigenvalue weighted by atomic mass is 79.9. The Balaban J connectivity index is 2.09. The number of thioether (sulfide) groups is 1. The van der Waals surface area contributed by atoms with Gasteiger partial charge in [-0.3, -0.25) is 10.2 Å². The van der Waals surface area contributed by atoms with Crippen LogP contribution < -0.4 is 11.1 Å². The van der Waals surface area contributed by atoms with Crippen LogP contribution in [0.25, 0.3) is 0 Å². The average molecular weight is 403 g/mol. The maximum Gasteiger partial charge on any atom is 0.251 e. The maximum atomic E-state index is 12.5. The van der Waals surface area contributed by atoms with Crippen molar-refractivity contribution in [2.24, 2.45) is 5.73 Å². The first-order valence-electron chi connectivity index (χ1n) is 7.02. The molecule has 24 heavy (non-hydrogen) atoms. The highest BCUT2D eigenvalue weighted by molar-refractivity contribution is 9.10. The van der Waals surface area contributed by atoms with Gasteiger partial charge in [-0.25, -0.2) is 0 Å². The molecule has 0 radical (unpaired) electrons. The molecule has 0 unspecified atom stereocenters. The van der Waals surface area contributed by atoms with Crippen molar-refractivity contribution in [2.45, 2.75) is 12.3 Å². The van der Waals surface area contributed by atoms with Crippen LogP contribution in [0.4, 0.5) is 0 Å². The molecule has 122 valence electrons. The lowest BCUT2D eigenvalue weighted by Crippen LogP contribution is -2.24. The SMILES string of the molecule is N#Cc1ccc(CNC(=O)c2cc(Br)ccc2CSC(=N)N)cc1. The van der Waals surface area contributed by atoms with Gasteiger partial charge in [0.15, 0.2) is 5.17 Å². The van der Waals surface area contributed by atoms with Crippen molar-refractivity contribution in [3.05, 3.63) is 69.2 Å². The zero-order chi connectivity index (χ0) is 17.5. The number of carbonyl (C=O) groups is 1. The molecule has 2 rings (SSSR count). The number of nitriles is 1. The largest absolute Gasteiger partial charge is 0.379 e. The number of rotatable bonds is 5. The molecule has 0 aliphatic heterocycles. The van der Waals surface area contributed by atoms with Gasteiger partial charge in [0.2, 0.25) is 0 Å². The van der Waals surface area contributed by atoms with Gasteiger partial charge in [-0.1, -0.05) is 45.9 Å². The third-order valence-electron chi connectivity index (χ3n) is 3.24. The Morgan fingerprint density at radius 1 is 1.29 bits per heavy atom. The maximum absolute atomic E-state index is 12.5. The molecule has 0 fully saturated rings. The van der Waals surface area contributed by atoms with Crippen molar-refractivity contribution in [3.8, 4) is 6.07 Å². The summed E-state index contributed by atoms with van der Waals surface area (Å²) < 4.78 is 0.808. The number of carbonyl (C=O) groups excluding carboxylic acids is 1. The Morgan fingerprint density at radius 3 is 2.62 bits per heavy atom. The van der Waals surface area contributed by atoms with Crippen LogP contribution in [-0.4, -0.2) is 11.1 Å². The molecule has 0 spiro atoms. The summed E-state index contributed by atoms with van der Waals surface area (Å²) in [4.78, 5) is 12.5. The number of benzene rings is 2. The van der Waals surface area contributed by atoms with E-state index in [-0.39, 0.29) is 11.1 Å². The van der Waals surface area contributed by atoms with E-state index in [2.05, 4.69) is 27.3 Å². The van der Waals surface area contributed by atoms with Gasteiger partial charge in [-0.05, 0) is 35.4 Å². The van der Waals surface area contributed by atoms with Gasteiger partial charge in [0, 0.05) is 22.3 Å². The van der Waals surface area contributed by atoms with Gasteiger partial charge in [0.1, 0.15) is 0 Å². The summed E-state index contributed by atoms with van der Waals surface area (Å²) in [5.74, 6) is 0.266. The number of amidine groups is 1. The van der Waals surface area contributed by atoms with Crippen molar-refractivity contribution >= 4 is 38.8 Å². The number of halogens is 1. The Labute approximate surface area is 152 Å². The van der Waals surface area contributed by atoms with Crippen LogP contribution >= 0.6 is 27.7 Å². The fourth-order valence-electron chi connectivity index (χ4n) is 2.02. The van der Waals surface area contributed by atoms with E-state index < -0.39 is 0 Å². The van der Waals surface area contributed by atoms with E-state index >= 15 is 0 Å². The Hall–Kier alpha value is -2.30. The van der Waals surface area contributed by atoms with E-state index in [0.29, 0.717) is 23.4 Å². The predicted molar refractivity (Wildman–Crippen MR) is 99.7 cm³/mol. The highest BCUT2D eigenvalue weighted by Gasteiger charge is 2.12. The number of nitrogens with two attached hydrogens (primary N) is 1. The molecule has 4 N–H and O–H groups in total. The molecule has 0 saturated heterocycles. The number of amides is 1. The highest BCUT2D eigenvalue weighted by Crippen LogP contribution is 2.21. The molecule has 0 aromatic heterocycles. The minimum absolute atomic E-state index is 0.0156. The molecular formula is C17H15BrN4OS. The van der Waals surface area contributed by atoms with Crippen LogP contribution in [0, 0.1) is 16.7 Å². The second kappa shape index (κ2) is 8.52. The van der Waals surface area contributed by atoms with E-state index in [1.165, 1.54) is 11.8 Å². The van der Waals surface area contributed by atoms with Gasteiger partial charge in [0.25, 0.3) is 5.91 Å². The lowest BCUT2D eigenvalue weighted by atomic mass is 10.1. The molecule has 0 heterocycles. The van der Waals surface area contributed by atoms with Crippen molar-refractivity contribution in [1.29, 1.82) is 10.7 Å². The van der Waals surface area contributed by atoms with E-state index in [1.807, 2.05) is 24.3 Å². The second-order valence-corrected chi connectivity index (χ2v) is 6.88. The summed E-state index contributed by atoms with van der Waals surface area (Å²) in [5.41, 5.74) is 8.23. The summed E-state index contributed by atoms with van der Waals surface area (Å²) in [7, 11) is 0. The van der Waals surface area contributed by atoms with E-state index in [9.17, 15) is 4.79 Å². The van der Waals surface area contributed by atoms with Crippen molar-refractivity contribution in [2.75, 3.05) is 0 Å². The number of nitrogens with one attached hydrogen (secondary N) is 2. The van der Waals surface area contributed by atoms with E-state index in [0.717, 1.165) is 15.6 Å². The van der Waals surface area contributed by atoms with Crippen LogP contribution in [0.15, 0.2) is 46.9 Å². The molecule has 5 nitrogen and oxygen atoms in total. The first kappa shape index (κ1) is 18.0. The van der Waals surface area contributed by atoms with Gasteiger partial charge < -0.3 is 11.1 Å². The van der Waals surface area contributed by atoms with E-state index in [4.69, 9.17) is 16.4 Å². The molecule has 0 saturated carbocycles. The van der Waals surface area contributed by atoms with E-state index in [1.54, 1.807) is 18.2 Å². The molecule has 2 aromatic carbocycles. The van der Waals surface area contributed by atoms with Crippen LogP contribution in [-0.2, 0) is 12.3 Å². The number of hydrogen-bond donors (Lipinski definition) is 3. The van der Waals surface area contributed by atoms with Crippen molar-refractivity contribution in [3.63, 3.8) is 0 Å². The summed E-state index contributed by atoms with van der Waals surface area (Å²) in [6.45, 7) is 0.371. The number of hydrogen-bond acceptors (Lipinski definition) is 4. The zero-order valence-corrected chi connectivity index (χ0v) is 15.1. The molecule has 0 aliphatic carbocycles. The van der Waals surface area contributed by atoms with Crippen LogP contribution in [0.2, 0.25) is 0 Å². The second-order valence-electron chi connectivity index (χ2n) is 4.95. The monoisotopic (exact) mass is 402 g/mol. The van der Waals surface area contributed by atoms with Gasteiger partial charge in [-0.15, -0.1) is 0 Å². The summed E-state index contributed by atoms with van der Waals surface area (Å²) in [6, 6.07) is 14.6. The zero-order valence-electron chi connectivity index (χ0n) is 12.7. The minimum Gasteiger partial charge on any atom is -0.379 e. The minimum atomic E-state index is -0.195. The quantitative estimate of drug-likeness (QED) is 0.526. The fourth-order valence-corrected chi connectivity index (χ4v) is 2.94. The third kappa shape index (κ3) is 5.11. The predicted octanol–water partition coefficient (Wildman–Crippen LogP) is 3.38. The lowest BCUT2D eigenvalue weighted by Gasteiger charge is -2.11. The summed E-state index contributed by atoms with van der Waals surface area (Å²) in [5, 5.41) is 19.0. The van der Waals surface area contributed by atoms with Crippen LogP contribution in [0.3, 0.4) is 0 Å². The molecule has 7 heteroatoms. The fraction of sp³-hybridized carbons (Fsp3) is 0.118. The lowest BCUT2D eigenvalue weighted by molar-refractivity contribution is 0.0950. The Morgan fingerprint density at radius 2 is 2.00 bits per heavy atom. The van der Waals surface area contributed by atoms with Crippen LogP contribution in [0.1, 0.15) is 27.0 Å². The first-order valence-corrected chi connectivity index (χ1v) is 8.80. The molecule has 1 amide bonds. The van der Waals surface area contributed by atoms with Crippen LogP contribution in [0.5, 0.6) is 0 Å². The smallest absolute Gasteiger partial charge is 0.251 e. The average Bonchev–Trinajstić information content (AvgIpc) is 2.58. The molecule has 0 aliphatic rings. The standard InChI is InChI=1S/C17H15BrN4OS/c18-14-6-5-13(10-24-17(20)21)15(7-14)16(23)22-9-12-3-1-11(8-19)2-4-12/h1-7H,9-10H2,(H3,20,21)(H,22,23). The van der Waals surface area contributed by atoms with Gasteiger partial charge in [-0.2, -0.15) is 5.26 Å². The number of nitrogens with zero attached hydrogens (tertiary/aromatic N) is 1. The Bertz CT molecular complexity index is 799. The molecule has 0 atom stereocenters. The van der Waals surface area contributed by atoms with Crippen molar-refractivity contribution in [1.82, 2.24) is 5.32 Å². The molecular weight excluding hydrogens is 388 g/mol. The normalized spacial score (nSPS) is 10.0. The van der Waals surface area contributed by atoms with Gasteiger partial charge >= 0.3 is 0 Å².